The molecule has 1 atom stereocenters. The van der Waals surface area contributed by atoms with Crippen LogP contribution in [0.4, 0.5) is 8.78 Å². The predicted octanol–water partition coefficient (Wildman–Crippen LogP) is 2.06. The standard InChI is InChI=1S/C12H20F2O4/c1-12(2,3)9(8-18-11(16)6-14)7-17-10(15)4-5-13/h9H,4-8H2,1-3H3. The number of carbonyl (C=O) groups is 2. The van der Waals surface area contributed by atoms with Crippen LogP contribution in [0.1, 0.15) is 27.2 Å². The number of esters is 2. The molecule has 18 heavy (non-hydrogen) atoms. The summed E-state index contributed by atoms with van der Waals surface area (Å²) < 4.78 is 33.4. The maximum atomic E-state index is 11.9. The third-order valence-electron chi connectivity index (χ3n) is 2.52. The number of halogens is 2. The number of hydrogen-bond acceptors (Lipinski definition) is 4. The topological polar surface area (TPSA) is 52.6 Å². The van der Waals surface area contributed by atoms with Gasteiger partial charge in [0.15, 0.2) is 6.67 Å². The minimum atomic E-state index is -1.18. The van der Waals surface area contributed by atoms with E-state index in [0.717, 1.165) is 0 Å². The third-order valence-corrected chi connectivity index (χ3v) is 2.52. The van der Waals surface area contributed by atoms with Crippen molar-refractivity contribution in [2.45, 2.75) is 27.2 Å². The van der Waals surface area contributed by atoms with Gasteiger partial charge < -0.3 is 9.47 Å². The van der Waals surface area contributed by atoms with Gasteiger partial charge in [0.05, 0.1) is 26.3 Å². The Kier molecular flexibility index (Phi) is 7.47. The lowest BCUT2D eigenvalue weighted by atomic mass is 9.82. The zero-order valence-corrected chi connectivity index (χ0v) is 11.0. The molecule has 0 rings (SSSR count). The van der Waals surface area contributed by atoms with Crippen LogP contribution in [-0.2, 0) is 19.1 Å². The molecule has 0 heterocycles. The lowest BCUT2D eigenvalue weighted by Crippen LogP contribution is -2.31. The average Bonchev–Trinajstić information content (AvgIpc) is 2.27. The average molecular weight is 266 g/mol. The smallest absolute Gasteiger partial charge is 0.337 e. The Morgan fingerprint density at radius 3 is 1.94 bits per heavy atom. The van der Waals surface area contributed by atoms with Gasteiger partial charge in [0, 0.05) is 5.92 Å². The van der Waals surface area contributed by atoms with Crippen molar-refractivity contribution < 1.29 is 27.8 Å². The fraction of sp³-hybridized carbons (Fsp3) is 0.833. The SMILES string of the molecule is CC(C)(C)C(COC(=O)CF)COC(=O)CCF. The molecule has 0 aliphatic heterocycles. The Morgan fingerprint density at radius 1 is 1.06 bits per heavy atom. The van der Waals surface area contributed by atoms with E-state index < -0.39 is 25.3 Å². The van der Waals surface area contributed by atoms with Gasteiger partial charge in [-0.15, -0.1) is 0 Å². The molecule has 0 aromatic heterocycles. The molecule has 0 radical (unpaired) electrons. The lowest BCUT2D eigenvalue weighted by molar-refractivity contribution is -0.152. The fourth-order valence-corrected chi connectivity index (χ4v) is 1.12. The van der Waals surface area contributed by atoms with Crippen LogP contribution in [0.25, 0.3) is 0 Å². The molecule has 1 unspecified atom stereocenters. The molecule has 0 saturated heterocycles. The van der Waals surface area contributed by atoms with Gasteiger partial charge in [-0.25, -0.2) is 9.18 Å². The molecule has 0 aliphatic carbocycles. The highest BCUT2D eigenvalue weighted by atomic mass is 19.1. The second-order valence-corrected chi connectivity index (χ2v) is 5.00. The molecule has 0 N–H and O–H groups in total. The molecule has 0 aliphatic rings. The fourth-order valence-electron chi connectivity index (χ4n) is 1.12. The van der Waals surface area contributed by atoms with Crippen molar-refractivity contribution in [1.82, 2.24) is 0 Å². The highest BCUT2D eigenvalue weighted by molar-refractivity contribution is 5.70. The molecular formula is C12H20F2O4. The van der Waals surface area contributed by atoms with E-state index in [-0.39, 0.29) is 31.0 Å². The summed E-state index contributed by atoms with van der Waals surface area (Å²) in [4.78, 5) is 21.8. The van der Waals surface area contributed by atoms with Crippen LogP contribution >= 0.6 is 0 Å². The van der Waals surface area contributed by atoms with Crippen molar-refractivity contribution in [3.8, 4) is 0 Å². The molecule has 0 fully saturated rings. The number of ether oxygens (including phenoxy) is 2. The first kappa shape index (κ1) is 16.8. The molecule has 6 heteroatoms. The van der Waals surface area contributed by atoms with Gasteiger partial charge in [-0.1, -0.05) is 20.8 Å². The van der Waals surface area contributed by atoms with Gasteiger partial charge in [-0.05, 0) is 5.41 Å². The van der Waals surface area contributed by atoms with Crippen molar-refractivity contribution >= 4 is 11.9 Å². The van der Waals surface area contributed by atoms with Crippen molar-refractivity contribution in [3.05, 3.63) is 0 Å². The van der Waals surface area contributed by atoms with Crippen LogP contribution < -0.4 is 0 Å². The van der Waals surface area contributed by atoms with Gasteiger partial charge in [-0.2, -0.15) is 0 Å². The van der Waals surface area contributed by atoms with E-state index >= 15 is 0 Å². The molecule has 0 amide bonds. The van der Waals surface area contributed by atoms with Gasteiger partial charge >= 0.3 is 11.9 Å². The maximum Gasteiger partial charge on any atom is 0.337 e. The van der Waals surface area contributed by atoms with Crippen LogP contribution in [0.5, 0.6) is 0 Å². The summed E-state index contributed by atoms with van der Waals surface area (Å²) in [5.41, 5.74) is -0.285. The van der Waals surface area contributed by atoms with Crippen LogP contribution in [0.15, 0.2) is 0 Å². The highest BCUT2D eigenvalue weighted by Crippen LogP contribution is 2.26. The van der Waals surface area contributed by atoms with Crippen LogP contribution in [0, 0.1) is 11.3 Å². The zero-order chi connectivity index (χ0) is 14.2. The molecule has 0 saturated carbocycles. The Bertz CT molecular complexity index is 274. The van der Waals surface area contributed by atoms with E-state index in [2.05, 4.69) is 0 Å². The van der Waals surface area contributed by atoms with Crippen molar-refractivity contribution in [2.75, 3.05) is 26.6 Å². The van der Waals surface area contributed by atoms with Gasteiger partial charge in [-0.3, -0.25) is 9.18 Å². The Hall–Kier alpha value is -1.20. The van der Waals surface area contributed by atoms with Gasteiger partial charge in [0.1, 0.15) is 0 Å². The number of alkyl halides is 2. The van der Waals surface area contributed by atoms with Gasteiger partial charge in [0.2, 0.25) is 0 Å². The molecule has 0 bridgehead atoms. The normalized spacial score (nSPS) is 12.9. The number of carbonyl (C=O) groups excluding carboxylic acids is 2. The Morgan fingerprint density at radius 2 is 1.56 bits per heavy atom. The molecule has 4 nitrogen and oxygen atoms in total. The predicted molar refractivity (Wildman–Crippen MR) is 61.4 cm³/mol. The maximum absolute atomic E-state index is 11.9. The summed E-state index contributed by atoms with van der Waals surface area (Å²) in [5, 5.41) is 0. The van der Waals surface area contributed by atoms with Crippen LogP contribution in [0.3, 0.4) is 0 Å². The minimum absolute atomic E-state index is 0.0158. The van der Waals surface area contributed by atoms with Crippen LogP contribution in [0.2, 0.25) is 0 Å². The summed E-state index contributed by atoms with van der Waals surface area (Å²) >= 11 is 0. The summed E-state index contributed by atoms with van der Waals surface area (Å²) in [6.07, 6.45) is -0.291. The van der Waals surface area contributed by atoms with Crippen molar-refractivity contribution in [1.29, 1.82) is 0 Å². The Labute approximate surface area is 106 Å². The largest absolute Gasteiger partial charge is 0.465 e. The first-order chi connectivity index (χ1) is 8.31. The van der Waals surface area contributed by atoms with E-state index in [0.29, 0.717) is 0 Å². The molecule has 106 valence electrons. The van der Waals surface area contributed by atoms with E-state index in [1.165, 1.54) is 0 Å². The van der Waals surface area contributed by atoms with E-state index in [4.69, 9.17) is 9.47 Å². The molecule has 0 aromatic rings. The second-order valence-electron chi connectivity index (χ2n) is 5.00. The summed E-state index contributed by atoms with van der Waals surface area (Å²) in [5.74, 6) is -1.85. The Balaban J connectivity index is 4.25. The molecule has 0 spiro atoms. The quantitative estimate of drug-likeness (QED) is 0.662. The van der Waals surface area contributed by atoms with Crippen LogP contribution in [-0.4, -0.2) is 38.5 Å². The first-order valence-corrected chi connectivity index (χ1v) is 5.74. The summed E-state index contributed by atoms with van der Waals surface area (Å²) in [6.45, 7) is 3.67. The molecular weight excluding hydrogens is 246 g/mol. The monoisotopic (exact) mass is 266 g/mol. The van der Waals surface area contributed by atoms with Crippen molar-refractivity contribution in [3.63, 3.8) is 0 Å². The van der Waals surface area contributed by atoms with E-state index in [9.17, 15) is 18.4 Å². The van der Waals surface area contributed by atoms with Gasteiger partial charge in [0.25, 0.3) is 0 Å². The van der Waals surface area contributed by atoms with E-state index in [1.54, 1.807) is 0 Å². The van der Waals surface area contributed by atoms with Crippen molar-refractivity contribution in [2.24, 2.45) is 11.3 Å². The summed E-state index contributed by atoms with van der Waals surface area (Å²) in [7, 11) is 0. The summed E-state index contributed by atoms with van der Waals surface area (Å²) in [6, 6.07) is 0. The second kappa shape index (κ2) is 8.00. The zero-order valence-electron chi connectivity index (χ0n) is 11.0. The highest BCUT2D eigenvalue weighted by Gasteiger charge is 2.27. The first-order valence-electron chi connectivity index (χ1n) is 5.74. The van der Waals surface area contributed by atoms with E-state index in [1.807, 2.05) is 20.8 Å². The third kappa shape index (κ3) is 7.19. The number of rotatable bonds is 7. The lowest BCUT2D eigenvalue weighted by Gasteiger charge is -2.29. The molecule has 0 aromatic carbocycles. The minimum Gasteiger partial charge on any atom is -0.465 e. The number of hydrogen-bond donors (Lipinski definition) is 0.